The Labute approximate surface area is 231 Å². The zero-order chi connectivity index (χ0) is 28.2. The standard InChI is InChI=1S/C28H27ClN2O7S/c1-4-31(26-10-9-22(29)15-21(26)17-30(20(3)32)18-23-7-5-11-36-23)39(34,35)25-14-19(2)13-24(16-25)38-28(33)27-8-6-12-37-27/h5-16H,4,17-18H2,1-3H3. The lowest BCUT2D eigenvalue weighted by Gasteiger charge is -2.28. The lowest BCUT2D eigenvalue weighted by molar-refractivity contribution is -0.130. The van der Waals surface area contributed by atoms with Gasteiger partial charge in [-0.1, -0.05) is 11.6 Å². The van der Waals surface area contributed by atoms with Crippen molar-refractivity contribution in [3.8, 4) is 5.75 Å². The van der Waals surface area contributed by atoms with E-state index in [-0.39, 0.29) is 41.9 Å². The van der Waals surface area contributed by atoms with Crippen molar-refractivity contribution < 1.29 is 31.6 Å². The van der Waals surface area contributed by atoms with Crippen molar-refractivity contribution in [1.82, 2.24) is 4.90 Å². The van der Waals surface area contributed by atoms with E-state index in [1.54, 1.807) is 56.3 Å². The molecule has 2 aromatic carbocycles. The van der Waals surface area contributed by atoms with Crippen molar-refractivity contribution in [2.45, 2.75) is 38.8 Å². The number of hydrogen-bond donors (Lipinski definition) is 0. The highest BCUT2D eigenvalue weighted by molar-refractivity contribution is 7.92. The molecule has 1 amide bonds. The number of aryl methyl sites for hydroxylation is 1. The summed E-state index contributed by atoms with van der Waals surface area (Å²) >= 11 is 6.29. The van der Waals surface area contributed by atoms with Gasteiger partial charge in [-0.05, 0) is 79.6 Å². The van der Waals surface area contributed by atoms with Crippen LogP contribution in [0.3, 0.4) is 0 Å². The summed E-state index contributed by atoms with van der Waals surface area (Å²) in [4.78, 5) is 26.3. The zero-order valence-corrected chi connectivity index (χ0v) is 23.2. The molecule has 2 heterocycles. The summed E-state index contributed by atoms with van der Waals surface area (Å²) in [7, 11) is -4.13. The van der Waals surface area contributed by atoms with Gasteiger partial charge in [0.25, 0.3) is 10.0 Å². The van der Waals surface area contributed by atoms with Gasteiger partial charge in [-0.3, -0.25) is 9.10 Å². The number of carbonyl (C=O) groups excluding carboxylic acids is 2. The van der Waals surface area contributed by atoms with E-state index in [9.17, 15) is 18.0 Å². The maximum absolute atomic E-state index is 13.9. The third-order valence-electron chi connectivity index (χ3n) is 5.88. The van der Waals surface area contributed by atoms with Crippen molar-refractivity contribution in [1.29, 1.82) is 0 Å². The molecule has 0 bridgehead atoms. The van der Waals surface area contributed by atoms with Crippen molar-refractivity contribution in [3.05, 3.63) is 101 Å². The largest absolute Gasteiger partial charge is 0.467 e. The molecule has 0 atom stereocenters. The van der Waals surface area contributed by atoms with Gasteiger partial charge in [-0.15, -0.1) is 0 Å². The minimum Gasteiger partial charge on any atom is -0.467 e. The Morgan fingerprint density at radius 1 is 0.974 bits per heavy atom. The van der Waals surface area contributed by atoms with Crippen molar-refractivity contribution in [2.24, 2.45) is 0 Å². The number of halogens is 1. The fourth-order valence-electron chi connectivity index (χ4n) is 4.07. The first-order valence-electron chi connectivity index (χ1n) is 12.0. The number of nitrogens with zero attached hydrogens (tertiary/aromatic N) is 2. The van der Waals surface area contributed by atoms with Crippen LogP contribution < -0.4 is 9.04 Å². The van der Waals surface area contributed by atoms with E-state index in [0.717, 1.165) is 0 Å². The quantitative estimate of drug-likeness (QED) is 0.174. The van der Waals surface area contributed by atoms with Crippen molar-refractivity contribution in [2.75, 3.05) is 10.8 Å². The topological polar surface area (TPSA) is 110 Å². The molecule has 0 saturated heterocycles. The molecule has 9 nitrogen and oxygen atoms in total. The van der Waals surface area contributed by atoms with E-state index < -0.39 is 16.0 Å². The number of amides is 1. The van der Waals surface area contributed by atoms with Crippen LogP contribution in [-0.4, -0.2) is 31.7 Å². The average Bonchev–Trinajstić information content (AvgIpc) is 3.59. The molecule has 0 unspecified atom stereocenters. The van der Waals surface area contributed by atoms with E-state index >= 15 is 0 Å². The van der Waals surface area contributed by atoms with Gasteiger partial charge in [0.15, 0.2) is 0 Å². The van der Waals surface area contributed by atoms with Gasteiger partial charge < -0.3 is 18.5 Å². The first kappa shape index (κ1) is 28.0. The third kappa shape index (κ3) is 6.52. The van der Waals surface area contributed by atoms with Gasteiger partial charge in [-0.25, -0.2) is 13.2 Å². The number of benzene rings is 2. The van der Waals surface area contributed by atoms with Crippen LogP contribution in [0.15, 0.2) is 86.9 Å². The number of furan rings is 2. The molecule has 4 aromatic rings. The van der Waals surface area contributed by atoms with E-state index in [1.807, 2.05) is 0 Å². The molecule has 39 heavy (non-hydrogen) atoms. The Balaban J connectivity index is 1.69. The smallest absolute Gasteiger partial charge is 0.379 e. The van der Waals surface area contributed by atoms with Gasteiger partial charge in [0, 0.05) is 31.1 Å². The number of ether oxygens (including phenoxy) is 1. The molecule has 0 aliphatic carbocycles. The summed E-state index contributed by atoms with van der Waals surface area (Å²) in [5, 5.41) is 0.395. The molecule has 0 spiro atoms. The Kier molecular flexibility index (Phi) is 8.47. The highest BCUT2D eigenvalue weighted by Gasteiger charge is 2.28. The molecule has 0 aliphatic rings. The Morgan fingerprint density at radius 2 is 1.72 bits per heavy atom. The maximum atomic E-state index is 13.9. The molecule has 11 heteroatoms. The van der Waals surface area contributed by atoms with Crippen molar-refractivity contribution in [3.63, 3.8) is 0 Å². The Morgan fingerprint density at radius 3 is 2.36 bits per heavy atom. The van der Waals surface area contributed by atoms with Crippen LogP contribution in [0, 0.1) is 6.92 Å². The molecule has 0 N–H and O–H groups in total. The van der Waals surface area contributed by atoms with Gasteiger partial charge >= 0.3 is 5.97 Å². The molecule has 0 saturated carbocycles. The fourth-order valence-corrected chi connectivity index (χ4v) is 5.90. The SMILES string of the molecule is CCN(c1ccc(Cl)cc1CN(Cc1ccco1)C(C)=O)S(=O)(=O)c1cc(C)cc(OC(=O)c2ccco2)c1. The van der Waals surface area contributed by atoms with Gasteiger partial charge in [-0.2, -0.15) is 0 Å². The fraction of sp³-hybridized carbons (Fsp3) is 0.214. The second kappa shape index (κ2) is 11.8. The average molecular weight is 571 g/mol. The molecular weight excluding hydrogens is 544 g/mol. The van der Waals surface area contributed by atoms with Crippen molar-refractivity contribution >= 4 is 39.2 Å². The van der Waals surface area contributed by atoms with E-state index in [4.69, 9.17) is 25.2 Å². The summed E-state index contributed by atoms with van der Waals surface area (Å²) in [6, 6.07) is 15.7. The summed E-state index contributed by atoms with van der Waals surface area (Å²) in [6.07, 6.45) is 2.86. The van der Waals surface area contributed by atoms with Crippen LogP contribution in [0.25, 0.3) is 0 Å². The summed E-state index contributed by atoms with van der Waals surface area (Å²) in [5.41, 5.74) is 1.47. The van der Waals surface area contributed by atoms with Gasteiger partial charge in [0.2, 0.25) is 11.7 Å². The van der Waals surface area contributed by atoms with Crippen LogP contribution in [0.2, 0.25) is 5.02 Å². The normalized spacial score (nSPS) is 11.3. The van der Waals surface area contributed by atoms with E-state index in [0.29, 0.717) is 27.6 Å². The first-order chi connectivity index (χ1) is 18.6. The highest BCUT2D eigenvalue weighted by Crippen LogP contribution is 2.32. The Hall–Kier alpha value is -4.02. The molecular formula is C28H27ClN2O7S. The summed E-state index contributed by atoms with van der Waals surface area (Å²) < 4.78 is 44.9. The van der Waals surface area contributed by atoms with E-state index in [1.165, 1.54) is 46.9 Å². The van der Waals surface area contributed by atoms with Gasteiger partial charge in [0.05, 0.1) is 29.7 Å². The number of rotatable bonds is 10. The van der Waals surface area contributed by atoms with E-state index in [2.05, 4.69) is 0 Å². The number of esters is 1. The zero-order valence-electron chi connectivity index (χ0n) is 21.6. The summed E-state index contributed by atoms with van der Waals surface area (Å²) in [5.74, 6) is -0.327. The molecule has 0 fully saturated rings. The molecule has 0 aliphatic heterocycles. The monoisotopic (exact) mass is 570 g/mol. The number of sulfonamides is 1. The number of anilines is 1. The molecule has 204 valence electrons. The first-order valence-corrected chi connectivity index (χ1v) is 13.9. The minimum atomic E-state index is -4.13. The molecule has 4 rings (SSSR count). The molecule has 2 aromatic heterocycles. The van der Waals surface area contributed by atoms with Crippen LogP contribution in [0.4, 0.5) is 5.69 Å². The second-order valence-electron chi connectivity index (χ2n) is 8.75. The lowest BCUT2D eigenvalue weighted by Crippen LogP contribution is -2.33. The highest BCUT2D eigenvalue weighted by atomic mass is 35.5. The van der Waals surface area contributed by atoms with Crippen LogP contribution in [-0.2, 0) is 27.9 Å². The number of carbonyl (C=O) groups is 2. The third-order valence-corrected chi connectivity index (χ3v) is 7.98. The second-order valence-corrected chi connectivity index (χ2v) is 11.0. The predicted octanol–water partition coefficient (Wildman–Crippen LogP) is 5.82. The number of hydrogen-bond acceptors (Lipinski definition) is 7. The summed E-state index contributed by atoms with van der Waals surface area (Å²) in [6.45, 7) is 5.22. The Bertz CT molecular complexity index is 1570. The van der Waals surface area contributed by atoms with Crippen LogP contribution in [0.1, 0.15) is 41.3 Å². The minimum absolute atomic E-state index is 0.00789. The van der Waals surface area contributed by atoms with Gasteiger partial charge in [0.1, 0.15) is 11.5 Å². The van der Waals surface area contributed by atoms with Crippen LogP contribution in [0.5, 0.6) is 5.75 Å². The lowest BCUT2D eigenvalue weighted by atomic mass is 10.1. The van der Waals surface area contributed by atoms with Crippen LogP contribution >= 0.6 is 11.6 Å². The maximum Gasteiger partial charge on any atom is 0.379 e. The predicted molar refractivity (Wildman–Crippen MR) is 145 cm³/mol. The molecule has 0 radical (unpaired) electrons.